The van der Waals surface area contributed by atoms with Gasteiger partial charge in [0.25, 0.3) is 0 Å². The lowest BCUT2D eigenvalue weighted by Gasteiger charge is -2.63. The highest BCUT2D eigenvalue weighted by Crippen LogP contribution is 2.66. The Morgan fingerprint density at radius 1 is 1.06 bits per heavy atom. The Morgan fingerprint density at radius 3 is 2.70 bits per heavy atom. The van der Waals surface area contributed by atoms with E-state index >= 15 is 0 Å². The summed E-state index contributed by atoms with van der Waals surface area (Å²) in [6, 6.07) is 15.0. The molecule has 2 aromatic rings. The second-order valence-corrected chi connectivity index (χ2v) is 9.69. The van der Waals surface area contributed by atoms with Crippen LogP contribution in [0.1, 0.15) is 43.4 Å². The normalized spacial score (nSPS) is 31.4. The van der Waals surface area contributed by atoms with Crippen molar-refractivity contribution < 1.29 is 18.9 Å². The van der Waals surface area contributed by atoms with Gasteiger partial charge in [-0.3, -0.25) is 0 Å². The van der Waals surface area contributed by atoms with Crippen molar-refractivity contribution in [2.45, 2.75) is 62.9 Å². The lowest BCUT2D eigenvalue weighted by molar-refractivity contribution is -0.195. The molecular formula is C28H33NO4. The van der Waals surface area contributed by atoms with Crippen LogP contribution in [-0.2, 0) is 27.9 Å². The Bertz CT molecular complexity index is 1080. The van der Waals surface area contributed by atoms with E-state index in [1.165, 1.54) is 11.1 Å². The summed E-state index contributed by atoms with van der Waals surface area (Å²) in [7, 11) is 2.24. The fourth-order valence-corrected chi connectivity index (χ4v) is 6.99. The predicted octanol–water partition coefficient (Wildman–Crippen LogP) is 4.62. The number of piperidine rings is 1. The van der Waals surface area contributed by atoms with Gasteiger partial charge in [0.15, 0.2) is 17.6 Å². The number of nitrogens with zero attached hydrogens (tertiary/aromatic N) is 1. The fraction of sp³-hybridized carbons (Fsp3) is 0.500. The minimum absolute atomic E-state index is 0.176. The number of rotatable bonds is 7. The summed E-state index contributed by atoms with van der Waals surface area (Å²) in [6.07, 6.45) is 4.85. The Morgan fingerprint density at radius 2 is 1.91 bits per heavy atom. The van der Waals surface area contributed by atoms with Crippen molar-refractivity contribution in [2.24, 2.45) is 0 Å². The molecule has 2 aromatic carbocycles. The van der Waals surface area contributed by atoms with Gasteiger partial charge in [0.2, 0.25) is 0 Å². The number of ether oxygens (including phenoxy) is 4. The zero-order valence-corrected chi connectivity index (χ0v) is 19.8. The Balaban J connectivity index is 1.50. The van der Waals surface area contributed by atoms with Crippen LogP contribution in [0.5, 0.6) is 11.5 Å². The monoisotopic (exact) mass is 447 g/mol. The van der Waals surface area contributed by atoms with Crippen LogP contribution < -0.4 is 9.47 Å². The molecule has 6 rings (SSSR count). The largest absolute Gasteiger partial charge is 0.495 e. The third kappa shape index (κ3) is 2.79. The zero-order chi connectivity index (χ0) is 22.6. The Hall–Kier alpha value is -2.50. The SMILES string of the molecule is CCOC1=CC[C@@]2(OCC)[C@H]3Cc4ccc(OCc5ccccc5)c5c4[C@@]2(CCN3C)[C@H]1O5. The van der Waals surface area contributed by atoms with E-state index in [-0.39, 0.29) is 17.1 Å². The number of hydrogen-bond acceptors (Lipinski definition) is 5. The van der Waals surface area contributed by atoms with Crippen molar-refractivity contribution in [3.05, 3.63) is 71.0 Å². The topological polar surface area (TPSA) is 40.2 Å². The van der Waals surface area contributed by atoms with Gasteiger partial charge in [-0.15, -0.1) is 0 Å². The van der Waals surface area contributed by atoms with Gasteiger partial charge < -0.3 is 23.8 Å². The quantitative estimate of drug-likeness (QED) is 0.619. The molecule has 2 aliphatic heterocycles. The van der Waals surface area contributed by atoms with Gasteiger partial charge in [-0.1, -0.05) is 36.4 Å². The molecular weight excluding hydrogens is 414 g/mol. The van der Waals surface area contributed by atoms with E-state index in [1.54, 1.807) is 0 Å². The molecule has 174 valence electrons. The van der Waals surface area contributed by atoms with E-state index in [1.807, 2.05) is 25.1 Å². The van der Waals surface area contributed by atoms with E-state index in [0.717, 1.165) is 48.6 Å². The Labute approximate surface area is 196 Å². The summed E-state index contributed by atoms with van der Waals surface area (Å²) in [5.41, 5.74) is 3.24. The fourth-order valence-electron chi connectivity index (χ4n) is 6.99. The molecule has 33 heavy (non-hydrogen) atoms. The van der Waals surface area contributed by atoms with Crippen LogP contribution >= 0.6 is 0 Å². The van der Waals surface area contributed by atoms with Crippen LogP contribution in [0.25, 0.3) is 0 Å². The zero-order valence-electron chi connectivity index (χ0n) is 19.8. The average Bonchev–Trinajstić information content (AvgIpc) is 3.19. The van der Waals surface area contributed by atoms with Gasteiger partial charge in [0.1, 0.15) is 18.0 Å². The molecule has 2 heterocycles. The Kier molecular flexibility index (Phi) is 4.96. The van der Waals surface area contributed by atoms with Gasteiger partial charge >= 0.3 is 0 Å². The molecule has 5 nitrogen and oxygen atoms in total. The highest BCUT2D eigenvalue weighted by atomic mass is 16.6. The third-order valence-corrected chi connectivity index (χ3v) is 8.25. The molecule has 0 aromatic heterocycles. The van der Waals surface area contributed by atoms with Crippen molar-refractivity contribution in [1.82, 2.24) is 4.90 Å². The van der Waals surface area contributed by atoms with Crippen molar-refractivity contribution >= 4 is 0 Å². The number of benzene rings is 2. The van der Waals surface area contributed by atoms with Gasteiger partial charge in [-0.25, -0.2) is 0 Å². The lowest BCUT2D eigenvalue weighted by atomic mass is 9.50. The molecule has 4 aliphatic rings. The summed E-state index contributed by atoms with van der Waals surface area (Å²) >= 11 is 0. The van der Waals surface area contributed by atoms with Crippen molar-refractivity contribution in [3.63, 3.8) is 0 Å². The second kappa shape index (κ2) is 7.78. The standard InChI is InChI=1S/C28H33NO4/c1-4-30-22-13-14-28(32-5-2)23-17-20-11-12-21(31-18-19-9-7-6-8-10-19)25-24(20)27(28,26(22)33-25)15-16-29(23)3/h6-13,23,26H,4-5,14-18H2,1-3H3/t23-,26+,27+,28-/m1/s1. The molecule has 5 heteroatoms. The maximum Gasteiger partial charge on any atom is 0.168 e. The van der Waals surface area contributed by atoms with E-state index in [9.17, 15) is 0 Å². The number of likely N-dealkylation sites (tertiary alicyclic amines) is 1. The highest BCUT2D eigenvalue weighted by Gasteiger charge is 2.73. The van der Waals surface area contributed by atoms with Crippen LogP contribution in [0.4, 0.5) is 0 Å². The summed E-state index contributed by atoms with van der Waals surface area (Å²) < 4.78 is 26.2. The molecule has 0 saturated carbocycles. The summed E-state index contributed by atoms with van der Waals surface area (Å²) in [4.78, 5) is 2.50. The molecule has 0 amide bonds. The van der Waals surface area contributed by atoms with E-state index in [0.29, 0.717) is 25.9 Å². The van der Waals surface area contributed by atoms with Crippen LogP contribution in [0.15, 0.2) is 54.3 Å². The molecule has 2 bridgehead atoms. The van der Waals surface area contributed by atoms with E-state index in [4.69, 9.17) is 18.9 Å². The van der Waals surface area contributed by atoms with Crippen LogP contribution in [0.2, 0.25) is 0 Å². The summed E-state index contributed by atoms with van der Waals surface area (Å²) in [5, 5.41) is 0. The first-order valence-corrected chi connectivity index (χ1v) is 12.3. The predicted molar refractivity (Wildman–Crippen MR) is 127 cm³/mol. The number of hydrogen-bond donors (Lipinski definition) is 0. The lowest BCUT2D eigenvalue weighted by Crippen LogP contribution is -2.75. The third-order valence-electron chi connectivity index (χ3n) is 8.25. The first-order valence-electron chi connectivity index (χ1n) is 12.3. The molecule has 0 unspecified atom stereocenters. The van der Waals surface area contributed by atoms with Crippen molar-refractivity contribution in [3.8, 4) is 11.5 Å². The maximum atomic E-state index is 6.85. The summed E-state index contributed by atoms with van der Waals surface area (Å²) in [6.45, 7) is 7.02. The van der Waals surface area contributed by atoms with E-state index < -0.39 is 0 Å². The highest BCUT2D eigenvalue weighted by molar-refractivity contribution is 5.64. The minimum atomic E-state index is -0.323. The molecule has 1 spiro atoms. The smallest absolute Gasteiger partial charge is 0.168 e. The first kappa shape index (κ1) is 21.1. The molecule has 1 fully saturated rings. The van der Waals surface area contributed by atoms with Gasteiger partial charge in [0.05, 0.1) is 12.0 Å². The minimum Gasteiger partial charge on any atom is -0.495 e. The van der Waals surface area contributed by atoms with Crippen LogP contribution in [0, 0.1) is 0 Å². The maximum absolute atomic E-state index is 6.85. The van der Waals surface area contributed by atoms with Gasteiger partial charge in [-0.2, -0.15) is 0 Å². The van der Waals surface area contributed by atoms with Crippen molar-refractivity contribution in [1.29, 1.82) is 0 Å². The van der Waals surface area contributed by atoms with Crippen LogP contribution in [-0.4, -0.2) is 49.5 Å². The average molecular weight is 448 g/mol. The van der Waals surface area contributed by atoms with Gasteiger partial charge in [0, 0.05) is 24.6 Å². The van der Waals surface area contributed by atoms with Crippen LogP contribution in [0.3, 0.4) is 0 Å². The first-order chi connectivity index (χ1) is 16.1. The molecule has 0 N–H and O–H groups in total. The van der Waals surface area contributed by atoms with Gasteiger partial charge in [-0.05, 0) is 63.6 Å². The molecule has 4 atom stereocenters. The van der Waals surface area contributed by atoms with Crippen molar-refractivity contribution in [2.75, 3.05) is 26.8 Å². The molecule has 0 radical (unpaired) electrons. The number of likely N-dealkylation sites (N-methyl/N-ethyl adjacent to an activating group) is 1. The van der Waals surface area contributed by atoms with E-state index in [2.05, 4.69) is 49.2 Å². The second-order valence-electron chi connectivity index (χ2n) is 9.69. The molecule has 1 saturated heterocycles. The molecule has 2 aliphatic carbocycles. The summed E-state index contributed by atoms with van der Waals surface area (Å²) in [5.74, 6) is 2.67.